The van der Waals surface area contributed by atoms with Gasteiger partial charge in [-0.3, -0.25) is 9.10 Å². The smallest absolute Gasteiger partial charge is 0.416 e. The van der Waals surface area contributed by atoms with Crippen LogP contribution in [0.1, 0.15) is 36.5 Å². The molecule has 0 saturated heterocycles. The Kier molecular flexibility index (Phi) is 7.31. The first-order valence-corrected chi connectivity index (χ1v) is 12.9. The molecule has 1 aliphatic rings. The number of anilines is 1. The van der Waals surface area contributed by atoms with Crippen molar-refractivity contribution in [1.82, 2.24) is 0 Å². The number of ether oxygens (including phenoxy) is 1. The maximum Gasteiger partial charge on any atom is 0.416 e. The number of hydrogen-bond acceptors (Lipinski definition) is 4. The van der Waals surface area contributed by atoms with Crippen LogP contribution in [0.15, 0.2) is 77.7 Å². The molecule has 0 bridgehead atoms. The fourth-order valence-corrected chi connectivity index (χ4v) is 5.62. The van der Waals surface area contributed by atoms with Crippen molar-refractivity contribution in [3.63, 3.8) is 0 Å². The molecule has 0 saturated carbocycles. The van der Waals surface area contributed by atoms with Crippen molar-refractivity contribution in [1.29, 1.82) is 0 Å². The SMILES string of the molecule is CC(=Cc1ccc2c(c1)N(S(=O)(=O)c1cccc(C(F)(F)F)c1)CC(CCC(=O)O)O2)c1ccccc1. The molecule has 0 radical (unpaired) electrons. The third-order valence-electron chi connectivity index (χ3n) is 5.96. The van der Waals surface area contributed by atoms with Crippen LogP contribution in [0.4, 0.5) is 18.9 Å². The van der Waals surface area contributed by atoms with Crippen molar-refractivity contribution in [2.24, 2.45) is 0 Å². The summed E-state index contributed by atoms with van der Waals surface area (Å²) in [5.74, 6) is -0.870. The fraction of sp³-hybridized carbons (Fsp3) is 0.222. The molecule has 0 aromatic heterocycles. The monoisotopic (exact) mass is 531 g/mol. The van der Waals surface area contributed by atoms with Gasteiger partial charge in [0.1, 0.15) is 11.9 Å². The Labute approximate surface area is 212 Å². The van der Waals surface area contributed by atoms with E-state index in [1.54, 1.807) is 18.2 Å². The number of allylic oxidation sites excluding steroid dienone is 1. The van der Waals surface area contributed by atoms with Crippen molar-refractivity contribution in [2.75, 3.05) is 10.8 Å². The zero-order valence-electron chi connectivity index (χ0n) is 19.8. The molecule has 37 heavy (non-hydrogen) atoms. The Morgan fingerprint density at radius 3 is 2.49 bits per heavy atom. The Hall–Kier alpha value is -3.79. The van der Waals surface area contributed by atoms with Gasteiger partial charge in [-0.1, -0.05) is 48.5 Å². The molecule has 0 fully saturated rings. The quantitative estimate of drug-likeness (QED) is 0.373. The van der Waals surface area contributed by atoms with E-state index in [9.17, 15) is 26.4 Å². The van der Waals surface area contributed by atoms with Gasteiger partial charge in [0.15, 0.2) is 0 Å². The van der Waals surface area contributed by atoms with E-state index >= 15 is 0 Å². The van der Waals surface area contributed by atoms with Gasteiger partial charge in [-0.05, 0) is 60.4 Å². The minimum Gasteiger partial charge on any atom is -0.486 e. The molecule has 0 amide bonds. The zero-order chi connectivity index (χ0) is 26.8. The number of nitrogens with zero attached hydrogens (tertiary/aromatic N) is 1. The summed E-state index contributed by atoms with van der Waals surface area (Å²) in [5, 5.41) is 9.06. The lowest BCUT2D eigenvalue weighted by molar-refractivity contribution is -0.138. The number of halogens is 3. The average Bonchev–Trinajstić information content (AvgIpc) is 2.87. The van der Waals surface area contributed by atoms with Crippen molar-refractivity contribution in [3.05, 3.63) is 89.5 Å². The highest BCUT2D eigenvalue weighted by Gasteiger charge is 2.37. The first-order valence-electron chi connectivity index (χ1n) is 11.4. The van der Waals surface area contributed by atoms with Crippen LogP contribution in [-0.4, -0.2) is 32.1 Å². The molecule has 1 N–H and O–H groups in total. The van der Waals surface area contributed by atoms with Crippen LogP contribution in [0.25, 0.3) is 11.6 Å². The number of hydrogen-bond donors (Lipinski definition) is 1. The van der Waals surface area contributed by atoms with Gasteiger partial charge in [-0.25, -0.2) is 8.42 Å². The Morgan fingerprint density at radius 1 is 1.08 bits per heavy atom. The summed E-state index contributed by atoms with van der Waals surface area (Å²) in [6, 6.07) is 18.0. The normalized spacial score (nSPS) is 16.2. The molecule has 1 aliphatic heterocycles. The lowest BCUT2D eigenvalue weighted by atomic mass is 10.0. The standard InChI is InChI=1S/C27H24F3NO5S/c1-18(20-6-3-2-4-7-20)14-19-10-12-25-24(15-19)31(17-22(36-25)11-13-26(32)33)37(34,35)23-9-5-8-21(16-23)27(28,29)30/h2-10,12,14-16,22H,11,13,17H2,1H3,(H,32,33). The second kappa shape index (κ2) is 10.3. The van der Waals surface area contributed by atoms with Crippen LogP contribution in [0.5, 0.6) is 5.75 Å². The molecule has 1 heterocycles. The number of sulfonamides is 1. The molecule has 194 valence electrons. The van der Waals surface area contributed by atoms with E-state index in [0.29, 0.717) is 11.6 Å². The number of carboxylic acids is 1. The molecule has 3 aromatic carbocycles. The largest absolute Gasteiger partial charge is 0.486 e. The van der Waals surface area contributed by atoms with Crippen molar-refractivity contribution in [2.45, 2.75) is 36.9 Å². The first kappa shape index (κ1) is 26.3. The number of alkyl halides is 3. The van der Waals surface area contributed by atoms with Crippen LogP contribution < -0.4 is 9.04 Å². The number of benzene rings is 3. The highest BCUT2D eigenvalue weighted by molar-refractivity contribution is 7.92. The lowest BCUT2D eigenvalue weighted by Crippen LogP contribution is -2.43. The van der Waals surface area contributed by atoms with Gasteiger partial charge >= 0.3 is 12.1 Å². The van der Waals surface area contributed by atoms with E-state index in [2.05, 4.69) is 0 Å². The summed E-state index contributed by atoms with van der Waals surface area (Å²) in [6.45, 7) is 1.66. The number of carbonyl (C=O) groups is 1. The number of aliphatic carboxylic acids is 1. The van der Waals surface area contributed by atoms with Crippen molar-refractivity contribution < 1.29 is 36.2 Å². The molecule has 0 spiro atoms. The Morgan fingerprint density at radius 2 is 1.81 bits per heavy atom. The molecule has 1 unspecified atom stereocenters. The summed E-state index contributed by atoms with van der Waals surface area (Å²) in [4.78, 5) is 10.6. The number of rotatable bonds is 7. The van der Waals surface area contributed by atoms with Gasteiger partial charge < -0.3 is 9.84 Å². The van der Waals surface area contributed by atoms with E-state index in [0.717, 1.165) is 33.6 Å². The third-order valence-corrected chi connectivity index (χ3v) is 7.73. The van der Waals surface area contributed by atoms with E-state index < -0.39 is 38.7 Å². The van der Waals surface area contributed by atoms with Crippen LogP contribution in [0.2, 0.25) is 0 Å². The number of fused-ring (bicyclic) bond motifs is 1. The highest BCUT2D eigenvalue weighted by Crippen LogP contribution is 2.40. The van der Waals surface area contributed by atoms with E-state index in [4.69, 9.17) is 9.84 Å². The molecule has 0 aliphatic carbocycles. The van der Waals surface area contributed by atoms with Gasteiger partial charge in [0.2, 0.25) is 0 Å². The lowest BCUT2D eigenvalue weighted by Gasteiger charge is -2.35. The molecule has 4 rings (SSSR count). The minimum absolute atomic E-state index is 0.0259. The predicted molar refractivity (Wildman–Crippen MR) is 134 cm³/mol. The van der Waals surface area contributed by atoms with Gasteiger partial charge in [0.05, 0.1) is 22.7 Å². The van der Waals surface area contributed by atoms with Crippen molar-refractivity contribution in [3.8, 4) is 5.75 Å². The molecule has 10 heteroatoms. The summed E-state index contributed by atoms with van der Waals surface area (Å²) >= 11 is 0. The average molecular weight is 532 g/mol. The molecular formula is C27H24F3NO5S. The number of carboxylic acid groups (broad SMARTS) is 1. The summed E-state index contributed by atoms with van der Waals surface area (Å²) in [7, 11) is -4.44. The van der Waals surface area contributed by atoms with E-state index in [1.807, 2.05) is 43.3 Å². The molecule has 6 nitrogen and oxygen atoms in total. The fourth-order valence-electron chi connectivity index (χ4n) is 4.08. The second-order valence-electron chi connectivity index (χ2n) is 8.65. The summed E-state index contributed by atoms with van der Waals surface area (Å²) in [6.07, 6.45) is -3.88. The van der Waals surface area contributed by atoms with E-state index in [-0.39, 0.29) is 30.8 Å². The van der Waals surface area contributed by atoms with E-state index in [1.165, 1.54) is 0 Å². The van der Waals surface area contributed by atoms with Gasteiger partial charge in [-0.15, -0.1) is 0 Å². The maximum absolute atomic E-state index is 13.6. The molecule has 3 aromatic rings. The Bertz CT molecular complexity index is 1440. The third kappa shape index (κ3) is 5.96. The molecular weight excluding hydrogens is 507 g/mol. The van der Waals surface area contributed by atoms with Crippen LogP contribution in [0, 0.1) is 0 Å². The molecule has 1 atom stereocenters. The van der Waals surface area contributed by atoms with Crippen LogP contribution in [-0.2, 0) is 21.0 Å². The maximum atomic E-state index is 13.6. The zero-order valence-corrected chi connectivity index (χ0v) is 20.6. The first-order chi connectivity index (χ1) is 17.4. The highest BCUT2D eigenvalue weighted by atomic mass is 32.2. The second-order valence-corrected chi connectivity index (χ2v) is 10.5. The minimum atomic E-state index is -4.72. The van der Waals surface area contributed by atoms with Gasteiger partial charge in [0.25, 0.3) is 10.0 Å². The Balaban J connectivity index is 1.78. The van der Waals surface area contributed by atoms with Crippen LogP contribution >= 0.6 is 0 Å². The van der Waals surface area contributed by atoms with Crippen molar-refractivity contribution >= 4 is 33.3 Å². The summed E-state index contributed by atoms with van der Waals surface area (Å²) in [5.41, 5.74) is 1.64. The van der Waals surface area contributed by atoms with Gasteiger partial charge in [0, 0.05) is 6.42 Å². The predicted octanol–water partition coefficient (Wildman–Crippen LogP) is 6.09. The summed E-state index contributed by atoms with van der Waals surface area (Å²) < 4.78 is 74.1. The topological polar surface area (TPSA) is 83.9 Å². The van der Waals surface area contributed by atoms with Gasteiger partial charge in [-0.2, -0.15) is 13.2 Å². The van der Waals surface area contributed by atoms with Crippen LogP contribution in [0.3, 0.4) is 0 Å².